The molecule has 3 rings (SSSR count). The number of amides is 1. The molecule has 1 aliphatic carbocycles. The van der Waals surface area contributed by atoms with Gasteiger partial charge in [0.1, 0.15) is 6.04 Å². The van der Waals surface area contributed by atoms with E-state index in [0.29, 0.717) is 13.0 Å². The Labute approximate surface area is 124 Å². The second kappa shape index (κ2) is 5.88. The summed E-state index contributed by atoms with van der Waals surface area (Å²) in [6.45, 7) is 0.578. The Kier molecular flexibility index (Phi) is 3.95. The second-order valence-electron chi connectivity index (χ2n) is 6.03. The van der Waals surface area contributed by atoms with Crippen LogP contribution in [0.1, 0.15) is 49.1 Å². The molecule has 1 saturated heterocycles. The molecule has 1 N–H and O–H groups in total. The molecular formula is C17H21NO3. The van der Waals surface area contributed by atoms with Crippen molar-refractivity contribution in [2.75, 3.05) is 6.54 Å². The molecular weight excluding hydrogens is 266 g/mol. The SMILES string of the molecule is O=C(O)[C@H]1CCCCN1C(=O)C1CCCc2ccccc21. The highest BCUT2D eigenvalue weighted by Crippen LogP contribution is 2.34. The lowest BCUT2D eigenvalue weighted by Gasteiger charge is -2.37. The van der Waals surface area contributed by atoms with E-state index in [2.05, 4.69) is 6.07 Å². The van der Waals surface area contributed by atoms with Crippen molar-refractivity contribution in [3.05, 3.63) is 35.4 Å². The molecule has 0 saturated carbocycles. The van der Waals surface area contributed by atoms with Gasteiger partial charge in [-0.25, -0.2) is 4.79 Å². The van der Waals surface area contributed by atoms with Crippen LogP contribution >= 0.6 is 0 Å². The highest BCUT2D eigenvalue weighted by molar-refractivity contribution is 5.88. The van der Waals surface area contributed by atoms with Crippen LogP contribution in [0.2, 0.25) is 0 Å². The van der Waals surface area contributed by atoms with Crippen molar-refractivity contribution in [2.45, 2.75) is 50.5 Å². The fourth-order valence-corrected chi connectivity index (χ4v) is 3.66. The molecule has 1 amide bonds. The monoisotopic (exact) mass is 287 g/mol. The molecule has 0 spiro atoms. The van der Waals surface area contributed by atoms with E-state index in [4.69, 9.17) is 0 Å². The maximum absolute atomic E-state index is 12.9. The summed E-state index contributed by atoms with van der Waals surface area (Å²) < 4.78 is 0. The van der Waals surface area contributed by atoms with E-state index < -0.39 is 12.0 Å². The number of piperidine rings is 1. The number of carboxylic acids is 1. The maximum atomic E-state index is 12.9. The van der Waals surface area contributed by atoms with Crippen molar-refractivity contribution >= 4 is 11.9 Å². The fraction of sp³-hybridized carbons (Fsp3) is 0.529. The van der Waals surface area contributed by atoms with Crippen LogP contribution in [0.3, 0.4) is 0 Å². The molecule has 112 valence electrons. The summed E-state index contributed by atoms with van der Waals surface area (Å²) >= 11 is 0. The number of benzene rings is 1. The molecule has 0 bridgehead atoms. The van der Waals surface area contributed by atoms with Crippen molar-refractivity contribution in [3.63, 3.8) is 0 Å². The lowest BCUT2D eigenvalue weighted by molar-refractivity contribution is -0.152. The summed E-state index contributed by atoms with van der Waals surface area (Å²) in [6, 6.07) is 7.44. The highest BCUT2D eigenvalue weighted by Gasteiger charge is 2.37. The zero-order chi connectivity index (χ0) is 14.8. The van der Waals surface area contributed by atoms with Gasteiger partial charge >= 0.3 is 5.97 Å². The first-order valence-electron chi connectivity index (χ1n) is 7.79. The maximum Gasteiger partial charge on any atom is 0.326 e. The number of rotatable bonds is 2. The average Bonchev–Trinajstić information content (AvgIpc) is 2.53. The number of hydrogen-bond donors (Lipinski definition) is 1. The Morgan fingerprint density at radius 2 is 1.90 bits per heavy atom. The number of fused-ring (bicyclic) bond motifs is 1. The molecule has 2 aliphatic rings. The van der Waals surface area contributed by atoms with Crippen molar-refractivity contribution in [2.24, 2.45) is 0 Å². The van der Waals surface area contributed by atoms with Crippen LogP contribution in [0.5, 0.6) is 0 Å². The predicted octanol–water partition coefficient (Wildman–Crippen LogP) is 2.57. The van der Waals surface area contributed by atoms with E-state index in [9.17, 15) is 14.7 Å². The Bertz CT molecular complexity index is 555. The Morgan fingerprint density at radius 1 is 1.10 bits per heavy atom. The van der Waals surface area contributed by atoms with Gasteiger partial charge in [0.2, 0.25) is 5.91 Å². The largest absolute Gasteiger partial charge is 0.480 e. The molecule has 0 radical (unpaired) electrons. The molecule has 1 aromatic rings. The minimum Gasteiger partial charge on any atom is -0.480 e. The van der Waals surface area contributed by atoms with Gasteiger partial charge in [0.25, 0.3) is 0 Å². The Balaban J connectivity index is 1.86. The Hall–Kier alpha value is -1.84. The molecule has 2 atom stereocenters. The number of likely N-dealkylation sites (tertiary alicyclic amines) is 1. The van der Waals surface area contributed by atoms with E-state index in [1.54, 1.807) is 4.90 Å². The molecule has 1 aromatic carbocycles. The van der Waals surface area contributed by atoms with Crippen molar-refractivity contribution in [3.8, 4) is 0 Å². The highest BCUT2D eigenvalue weighted by atomic mass is 16.4. The lowest BCUT2D eigenvalue weighted by atomic mass is 9.81. The van der Waals surface area contributed by atoms with Crippen molar-refractivity contribution in [1.29, 1.82) is 0 Å². The summed E-state index contributed by atoms with van der Waals surface area (Å²) in [4.78, 5) is 25.9. The van der Waals surface area contributed by atoms with Gasteiger partial charge in [-0.15, -0.1) is 0 Å². The van der Waals surface area contributed by atoms with Gasteiger partial charge in [0, 0.05) is 6.54 Å². The third-order valence-corrected chi connectivity index (χ3v) is 4.74. The Morgan fingerprint density at radius 3 is 2.71 bits per heavy atom. The topological polar surface area (TPSA) is 57.6 Å². The van der Waals surface area contributed by atoms with Crippen LogP contribution in [-0.2, 0) is 16.0 Å². The molecule has 4 heteroatoms. The van der Waals surface area contributed by atoms with Gasteiger partial charge < -0.3 is 10.0 Å². The van der Waals surface area contributed by atoms with E-state index in [1.807, 2.05) is 18.2 Å². The fourth-order valence-electron chi connectivity index (χ4n) is 3.66. The number of nitrogens with zero attached hydrogens (tertiary/aromatic N) is 1. The van der Waals surface area contributed by atoms with E-state index >= 15 is 0 Å². The van der Waals surface area contributed by atoms with Crippen LogP contribution in [0.4, 0.5) is 0 Å². The van der Waals surface area contributed by atoms with Gasteiger partial charge in [0.15, 0.2) is 0 Å². The van der Waals surface area contributed by atoms with Crippen LogP contribution in [0.15, 0.2) is 24.3 Å². The minimum absolute atomic E-state index is 0.00856. The molecule has 1 heterocycles. The first-order valence-corrected chi connectivity index (χ1v) is 7.79. The molecule has 4 nitrogen and oxygen atoms in total. The van der Waals surface area contributed by atoms with Crippen molar-refractivity contribution < 1.29 is 14.7 Å². The quantitative estimate of drug-likeness (QED) is 0.909. The normalized spacial score (nSPS) is 25.2. The third-order valence-electron chi connectivity index (χ3n) is 4.74. The van der Waals surface area contributed by atoms with Crippen LogP contribution in [0.25, 0.3) is 0 Å². The second-order valence-corrected chi connectivity index (χ2v) is 6.03. The van der Waals surface area contributed by atoms with Gasteiger partial charge in [-0.2, -0.15) is 0 Å². The average molecular weight is 287 g/mol. The number of aryl methyl sites for hydroxylation is 1. The van der Waals surface area contributed by atoms with Gasteiger partial charge in [0.05, 0.1) is 5.92 Å². The van der Waals surface area contributed by atoms with Gasteiger partial charge in [-0.05, 0) is 49.7 Å². The van der Waals surface area contributed by atoms with Gasteiger partial charge in [-0.3, -0.25) is 4.79 Å². The first kappa shape index (κ1) is 14.1. The molecule has 1 aliphatic heterocycles. The zero-order valence-corrected chi connectivity index (χ0v) is 12.1. The number of carboxylic acid groups (broad SMARTS) is 1. The number of aliphatic carboxylic acids is 1. The minimum atomic E-state index is -0.868. The summed E-state index contributed by atoms with van der Waals surface area (Å²) in [7, 11) is 0. The van der Waals surface area contributed by atoms with Crippen LogP contribution in [0, 0.1) is 0 Å². The summed E-state index contributed by atoms with van der Waals surface area (Å²) in [6.07, 6.45) is 5.22. The zero-order valence-electron chi connectivity index (χ0n) is 12.1. The van der Waals surface area contributed by atoms with E-state index in [-0.39, 0.29) is 11.8 Å². The summed E-state index contributed by atoms with van der Waals surface area (Å²) in [5.41, 5.74) is 2.34. The molecule has 1 unspecified atom stereocenters. The van der Waals surface area contributed by atoms with Crippen LogP contribution < -0.4 is 0 Å². The first-order chi connectivity index (χ1) is 10.2. The number of carbonyl (C=O) groups is 2. The summed E-state index contributed by atoms with van der Waals surface area (Å²) in [5.74, 6) is -1.02. The van der Waals surface area contributed by atoms with Gasteiger partial charge in [-0.1, -0.05) is 24.3 Å². The number of hydrogen-bond acceptors (Lipinski definition) is 2. The predicted molar refractivity (Wildman–Crippen MR) is 79.1 cm³/mol. The standard InChI is InChI=1S/C17H21NO3/c19-16(18-11-4-3-10-15(18)17(20)21)14-9-5-7-12-6-1-2-8-13(12)14/h1-2,6,8,14-15H,3-5,7,9-11H2,(H,20,21)/t14?,15-/m1/s1. The van der Waals surface area contributed by atoms with Crippen LogP contribution in [-0.4, -0.2) is 34.5 Å². The molecule has 1 fully saturated rings. The molecule has 21 heavy (non-hydrogen) atoms. The smallest absolute Gasteiger partial charge is 0.326 e. The van der Waals surface area contributed by atoms with E-state index in [0.717, 1.165) is 37.7 Å². The summed E-state index contributed by atoms with van der Waals surface area (Å²) in [5, 5.41) is 9.36. The third kappa shape index (κ3) is 2.67. The molecule has 0 aromatic heterocycles. The van der Waals surface area contributed by atoms with Crippen molar-refractivity contribution in [1.82, 2.24) is 4.90 Å². The number of carbonyl (C=O) groups excluding carboxylic acids is 1. The lowest BCUT2D eigenvalue weighted by Crippen LogP contribution is -2.50. The van der Waals surface area contributed by atoms with E-state index in [1.165, 1.54) is 5.56 Å².